The summed E-state index contributed by atoms with van der Waals surface area (Å²) in [5.41, 5.74) is 6.96. The summed E-state index contributed by atoms with van der Waals surface area (Å²) in [4.78, 5) is 11.2. The lowest BCUT2D eigenvalue weighted by atomic mass is 10.1. The molecule has 3 nitrogen and oxygen atoms in total. The van der Waals surface area contributed by atoms with Crippen molar-refractivity contribution < 1.29 is 9.53 Å². The monoisotopic (exact) mass is 193 g/mol. The van der Waals surface area contributed by atoms with Gasteiger partial charge in [-0.15, -0.1) is 0 Å². The van der Waals surface area contributed by atoms with Gasteiger partial charge in [0.1, 0.15) is 0 Å². The minimum Gasteiger partial charge on any atom is -0.377 e. The first-order valence-electron chi connectivity index (χ1n) is 4.55. The molecule has 2 N–H and O–H groups in total. The predicted octanol–water partition coefficient (Wildman–Crippen LogP) is 1.54. The van der Waals surface area contributed by atoms with Crippen LogP contribution < -0.4 is 5.73 Å². The minimum atomic E-state index is -0.0402. The Morgan fingerprint density at radius 3 is 2.43 bits per heavy atom. The zero-order valence-electron chi connectivity index (χ0n) is 8.49. The predicted molar refractivity (Wildman–Crippen MR) is 55.3 cm³/mol. The number of hydrogen-bond acceptors (Lipinski definition) is 3. The summed E-state index contributed by atoms with van der Waals surface area (Å²) in [5, 5.41) is 0. The van der Waals surface area contributed by atoms with Gasteiger partial charge in [-0.3, -0.25) is 4.79 Å². The zero-order chi connectivity index (χ0) is 10.6. The zero-order valence-corrected chi connectivity index (χ0v) is 8.49. The summed E-state index contributed by atoms with van der Waals surface area (Å²) in [6.07, 6.45) is 0.0528. The van der Waals surface area contributed by atoms with E-state index in [-0.39, 0.29) is 18.4 Å². The number of Topliss-reactive ketones (excluding diaryl/α,β-unsaturated/α-hetero) is 1. The molecule has 3 heteroatoms. The van der Waals surface area contributed by atoms with Crippen molar-refractivity contribution in [2.75, 3.05) is 13.7 Å². The summed E-state index contributed by atoms with van der Waals surface area (Å²) in [6, 6.07) is 7.33. The molecule has 0 heterocycles. The second-order valence-corrected chi connectivity index (χ2v) is 3.13. The van der Waals surface area contributed by atoms with Gasteiger partial charge in [0.2, 0.25) is 0 Å². The Morgan fingerprint density at radius 1 is 1.43 bits per heavy atom. The summed E-state index contributed by atoms with van der Waals surface area (Å²) < 4.78 is 5.15. The van der Waals surface area contributed by atoms with Gasteiger partial charge in [0.15, 0.2) is 5.78 Å². The molecule has 1 unspecified atom stereocenters. The third-order valence-corrected chi connectivity index (χ3v) is 2.24. The van der Waals surface area contributed by atoms with Crippen molar-refractivity contribution in [1.29, 1.82) is 0 Å². The van der Waals surface area contributed by atoms with Crippen LogP contribution >= 0.6 is 0 Å². The van der Waals surface area contributed by atoms with Gasteiger partial charge in [0.25, 0.3) is 0 Å². The average Bonchev–Trinajstić information content (AvgIpc) is 2.27. The number of hydrogen-bond donors (Lipinski definition) is 1. The van der Waals surface area contributed by atoms with Crippen molar-refractivity contribution in [2.24, 2.45) is 5.73 Å². The van der Waals surface area contributed by atoms with Gasteiger partial charge in [-0.1, -0.05) is 24.3 Å². The van der Waals surface area contributed by atoms with Gasteiger partial charge in [0, 0.05) is 12.7 Å². The molecule has 0 bridgehead atoms. The normalized spacial score (nSPS) is 12.5. The number of benzene rings is 1. The van der Waals surface area contributed by atoms with E-state index in [2.05, 4.69) is 0 Å². The van der Waals surface area contributed by atoms with Crippen LogP contribution in [0.15, 0.2) is 24.3 Å². The molecule has 14 heavy (non-hydrogen) atoms. The number of carbonyl (C=O) groups is 1. The molecule has 1 aromatic carbocycles. The van der Waals surface area contributed by atoms with E-state index in [1.807, 2.05) is 19.1 Å². The van der Waals surface area contributed by atoms with Crippen LogP contribution in [0.2, 0.25) is 0 Å². The Hall–Kier alpha value is -1.19. The summed E-state index contributed by atoms with van der Waals surface area (Å²) in [6.45, 7) is 2.01. The van der Waals surface area contributed by atoms with Gasteiger partial charge in [-0.05, 0) is 12.5 Å². The lowest BCUT2D eigenvalue weighted by Gasteiger charge is -2.09. The minimum absolute atomic E-state index is 0.0402. The Morgan fingerprint density at radius 2 is 2.00 bits per heavy atom. The van der Waals surface area contributed by atoms with Crippen LogP contribution in [0.3, 0.4) is 0 Å². The van der Waals surface area contributed by atoms with E-state index in [1.54, 1.807) is 19.2 Å². The molecule has 0 radical (unpaired) electrons. The Bertz CT molecular complexity index is 306. The van der Waals surface area contributed by atoms with Crippen molar-refractivity contribution in [2.45, 2.75) is 13.0 Å². The molecular formula is C11H15NO2. The number of ether oxygens (including phenoxy) is 1. The maximum absolute atomic E-state index is 11.2. The van der Waals surface area contributed by atoms with E-state index in [0.717, 1.165) is 5.56 Å². The van der Waals surface area contributed by atoms with Crippen LogP contribution in [0.25, 0.3) is 0 Å². The second kappa shape index (κ2) is 4.88. The molecule has 1 rings (SSSR count). The van der Waals surface area contributed by atoms with E-state index in [0.29, 0.717) is 5.56 Å². The smallest absolute Gasteiger partial charge is 0.176 e. The number of nitrogens with two attached hydrogens (primary N) is 1. The molecule has 0 saturated carbocycles. The third-order valence-electron chi connectivity index (χ3n) is 2.24. The number of methoxy groups -OCH3 is 1. The van der Waals surface area contributed by atoms with Crippen molar-refractivity contribution in [3.63, 3.8) is 0 Å². The summed E-state index contributed by atoms with van der Waals surface area (Å²) >= 11 is 0. The van der Waals surface area contributed by atoms with Gasteiger partial charge in [-0.25, -0.2) is 0 Å². The molecule has 76 valence electrons. The molecule has 0 amide bonds. The van der Waals surface area contributed by atoms with E-state index < -0.39 is 0 Å². The van der Waals surface area contributed by atoms with Crippen LogP contribution in [0.4, 0.5) is 0 Å². The van der Waals surface area contributed by atoms with E-state index >= 15 is 0 Å². The molecule has 0 fully saturated rings. The highest BCUT2D eigenvalue weighted by molar-refractivity contribution is 5.97. The van der Waals surface area contributed by atoms with Crippen LogP contribution in [-0.2, 0) is 4.74 Å². The second-order valence-electron chi connectivity index (χ2n) is 3.13. The SMILES string of the molecule is COC(C)c1ccc(C(=O)CN)cc1. The van der Waals surface area contributed by atoms with Crippen molar-refractivity contribution in [3.8, 4) is 0 Å². The van der Waals surface area contributed by atoms with Crippen LogP contribution in [0.5, 0.6) is 0 Å². The first-order chi connectivity index (χ1) is 6.69. The molecule has 0 spiro atoms. The fourth-order valence-corrected chi connectivity index (χ4v) is 1.19. The molecule has 1 atom stereocenters. The van der Waals surface area contributed by atoms with Crippen molar-refractivity contribution in [1.82, 2.24) is 0 Å². The first-order valence-corrected chi connectivity index (χ1v) is 4.55. The fraction of sp³-hybridized carbons (Fsp3) is 0.364. The van der Waals surface area contributed by atoms with E-state index in [9.17, 15) is 4.79 Å². The van der Waals surface area contributed by atoms with Gasteiger partial charge in [0.05, 0.1) is 12.6 Å². The average molecular weight is 193 g/mol. The highest BCUT2D eigenvalue weighted by Gasteiger charge is 2.06. The number of ketones is 1. The molecule has 0 aromatic heterocycles. The summed E-state index contributed by atoms with van der Waals surface area (Å²) in [5.74, 6) is -0.0402. The maximum Gasteiger partial charge on any atom is 0.176 e. The lowest BCUT2D eigenvalue weighted by molar-refractivity contribution is 0.100. The maximum atomic E-state index is 11.2. The molecule has 0 aliphatic rings. The van der Waals surface area contributed by atoms with Crippen molar-refractivity contribution in [3.05, 3.63) is 35.4 Å². The molecular weight excluding hydrogens is 178 g/mol. The Labute approximate surface area is 83.9 Å². The van der Waals surface area contributed by atoms with Gasteiger partial charge >= 0.3 is 0 Å². The van der Waals surface area contributed by atoms with Gasteiger partial charge in [-0.2, -0.15) is 0 Å². The van der Waals surface area contributed by atoms with Crippen LogP contribution in [0, 0.1) is 0 Å². The number of rotatable bonds is 4. The lowest BCUT2D eigenvalue weighted by Crippen LogP contribution is -2.13. The molecule has 1 aromatic rings. The molecule has 0 aliphatic heterocycles. The number of carbonyl (C=O) groups excluding carboxylic acids is 1. The van der Waals surface area contributed by atoms with Crippen molar-refractivity contribution >= 4 is 5.78 Å². The third kappa shape index (κ3) is 2.40. The fourth-order valence-electron chi connectivity index (χ4n) is 1.19. The van der Waals surface area contributed by atoms with Crippen LogP contribution in [-0.4, -0.2) is 19.4 Å². The van der Waals surface area contributed by atoms with Gasteiger partial charge < -0.3 is 10.5 Å². The van der Waals surface area contributed by atoms with E-state index in [4.69, 9.17) is 10.5 Å². The van der Waals surface area contributed by atoms with E-state index in [1.165, 1.54) is 0 Å². The molecule has 0 aliphatic carbocycles. The highest BCUT2D eigenvalue weighted by atomic mass is 16.5. The first kappa shape index (κ1) is 10.9. The van der Waals surface area contributed by atoms with Crippen LogP contribution in [0.1, 0.15) is 28.9 Å². The quantitative estimate of drug-likeness (QED) is 0.738. The molecule has 0 saturated heterocycles. The summed E-state index contributed by atoms with van der Waals surface area (Å²) in [7, 11) is 1.66. The largest absolute Gasteiger partial charge is 0.377 e. The highest BCUT2D eigenvalue weighted by Crippen LogP contribution is 2.16. The standard InChI is InChI=1S/C11H15NO2/c1-8(14-2)9-3-5-10(6-4-9)11(13)7-12/h3-6,8H,7,12H2,1-2H3. The Kier molecular flexibility index (Phi) is 3.80. The topological polar surface area (TPSA) is 52.3 Å². The Balaban J connectivity index is 2.83.